The van der Waals surface area contributed by atoms with E-state index in [0.717, 1.165) is 34.6 Å². The second-order valence-electron chi connectivity index (χ2n) is 7.64. The van der Waals surface area contributed by atoms with E-state index < -0.39 is 30.3 Å². The fraction of sp³-hybridized carbons (Fsp3) is 0.500. The van der Waals surface area contributed by atoms with Crippen molar-refractivity contribution in [1.29, 1.82) is 0 Å². The number of carbonyl (C=O) groups is 4. The minimum Gasteiger partial charge on any atom is -0.454 e. The highest BCUT2D eigenvalue weighted by atomic mass is 16.7. The molecule has 3 aliphatic rings. The van der Waals surface area contributed by atoms with Gasteiger partial charge in [0.2, 0.25) is 12.7 Å². The van der Waals surface area contributed by atoms with Crippen molar-refractivity contribution in [3.63, 3.8) is 0 Å². The summed E-state index contributed by atoms with van der Waals surface area (Å²) in [6.45, 7) is 1.86. The zero-order chi connectivity index (χ0) is 20.5. The van der Waals surface area contributed by atoms with Gasteiger partial charge in [-0.3, -0.25) is 19.3 Å². The van der Waals surface area contributed by atoms with Crippen LogP contribution in [0.1, 0.15) is 38.2 Å². The number of amides is 5. The first-order valence-electron chi connectivity index (χ1n) is 9.80. The van der Waals surface area contributed by atoms with E-state index in [1.807, 2.05) is 6.92 Å². The molecule has 29 heavy (non-hydrogen) atoms. The average Bonchev–Trinajstić information content (AvgIpc) is 3.26. The summed E-state index contributed by atoms with van der Waals surface area (Å²) < 4.78 is 10.5. The Kier molecular flexibility index (Phi) is 5.12. The molecule has 1 saturated carbocycles. The summed E-state index contributed by atoms with van der Waals surface area (Å²) in [6.07, 6.45) is 3.56. The molecule has 0 bridgehead atoms. The molecular weight excluding hydrogens is 378 g/mol. The summed E-state index contributed by atoms with van der Waals surface area (Å²) in [6, 6.07) is 4.31. The number of fused-ring (bicyclic) bond motifs is 1. The van der Waals surface area contributed by atoms with Crippen LogP contribution in [0.2, 0.25) is 0 Å². The first-order valence-corrected chi connectivity index (χ1v) is 9.80. The molecule has 1 aliphatic carbocycles. The van der Waals surface area contributed by atoms with Crippen LogP contribution in [-0.2, 0) is 20.9 Å². The van der Waals surface area contributed by atoms with Crippen molar-refractivity contribution in [3.8, 4) is 11.5 Å². The van der Waals surface area contributed by atoms with Crippen LogP contribution in [0.3, 0.4) is 0 Å². The van der Waals surface area contributed by atoms with Gasteiger partial charge in [0.1, 0.15) is 6.54 Å². The number of nitrogens with zero attached hydrogens (tertiary/aromatic N) is 2. The van der Waals surface area contributed by atoms with Gasteiger partial charge in [0.25, 0.3) is 0 Å². The highest BCUT2D eigenvalue weighted by molar-refractivity contribution is 6.45. The van der Waals surface area contributed by atoms with Crippen molar-refractivity contribution in [1.82, 2.24) is 15.1 Å². The quantitative estimate of drug-likeness (QED) is 0.591. The van der Waals surface area contributed by atoms with Crippen molar-refractivity contribution < 1.29 is 28.7 Å². The summed E-state index contributed by atoms with van der Waals surface area (Å²) in [4.78, 5) is 51.5. The third kappa shape index (κ3) is 3.64. The van der Waals surface area contributed by atoms with Gasteiger partial charge in [-0.1, -0.05) is 25.8 Å². The summed E-state index contributed by atoms with van der Waals surface area (Å²) in [5, 5.41) is 2.66. The highest BCUT2D eigenvalue weighted by Gasteiger charge is 2.49. The lowest BCUT2D eigenvalue weighted by molar-refractivity contribution is -0.145. The Bertz CT molecular complexity index is 870. The van der Waals surface area contributed by atoms with Crippen LogP contribution in [0.25, 0.3) is 0 Å². The van der Waals surface area contributed by atoms with Crippen molar-refractivity contribution in [2.75, 3.05) is 13.3 Å². The number of imide groups is 2. The molecule has 0 radical (unpaired) electrons. The molecule has 4 rings (SSSR count). The molecule has 9 nitrogen and oxygen atoms in total. The molecule has 2 atom stereocenters. The minimum atomic E-state index is -0.939. The second-order valence-corrected chi connectivity index (χ2v) is 7.64. The monoisotopic (exact) mass is 401 g/mol. The Morgan fingerprint density at radius 1 is 1.10 bits per heavy atom. The van der Waals surface area contributed by atoms with E-state index in [2.05, 4.69) is 5.32 Å². The maximum Gasteiger partial charge on any atom is 0.334 e. The molecule has 2 aliphatic heterocycles. The Hall–Kier alpha value is -3.10. The van der Waals surface area contributed by atoms with Crippen molar-refractivity contribution >= 4 is 23.8 Å². The Morgan fingerprint density at radius 2 is 1.86 bits per heavy atom. The molecule has 1 aromatic carbocycles. The van der Waals surface area contributed by atoms with Gasteiger partial charge in [0, 0.05) is 12.6 Å². The summed E-state index contributed by atoms with van der Waals surface area (Å²) >= 11 is 0. The molecule has 2 heterocycles. The molecule has 9 heteroatoms. The molecule has 154 valence electrons. The number of ether oxygens (including phenoxy) is 2. The Morgan fingerprint density at radius 3 is 2.66 bits per heavy atom. The number of benzene rings is 1. The maximum absolute atomic E-state index is 12.7. The maximum atomic E-state index is 12.7. The van der Waals surface area contributed by atoms with Crippen LogP contribution >= 0.6 is 0 Å². The predicted octanol–water partition coefficient (Wildman–Crippen LogP) is 1.40. The van der Waals surface area contributed by atoms with Gasteiger partial charge in [-0.2, -0.15) is 0 Å². The van der Waals surface area contributed by atoms with Gasteiger partial charge in [0.15, 0.2) is 11.5 Å². The molecule has 0 aromatic heterocycles. The molecular formula is C20H23N3O6. The molecule has 0 spiro atoms. The molecule has 5 amide bonds. The van der Waals surface area contributed by atoms with Crippen LogP contribution in [0.4, 0.5) is 4.79 Å². The lowest BCUT2D eigenvalue weighted by atomic mass is 9.85. The fourth-order valence-electron chi connectivity index (χ4n) is 4.09. The number of hydrogen-bond donors (Lipinski definition) is 1. The van der Waals surface area contributed by atoms with E-state index in [4.69, 9.17) is 9.47 Å². The number of rotatable bonds is 5. The van der Waals surface area contributed by atoms with E-state index in [-0.39, 0.29) is 25.3 Å². The first kappa shape index (κ1) is 19.2. The van der Waals surface area contributed by atoms with E-state index in [9.17, 15) is 19.2 Å². The normalized spacial score (nSPS) is 23.7. The van der Waals surface area contributed by atoms with Crippen molar-refractivity contribution in [3.05, 3.63) is 23.8 Å². The number of nitrogens with one attached hydrogen (secondary N) is 1. The van der Waals surface area contributed by atoms with E-state index >= 15 is 0 Å². The van der Waals surface area contributed by atoms with Gasteiger partial charge >= 0.3 is 17.8 Å². The fourth-order valence-corrected chi connectivity index (χ4v) is 4.09. The van der Waals surface area contributed by atoms with Gasteiger partial charge in [-0.05, 0) is 36.5 Å². The molecule has 0 unspecified atom stereocenters. The van der Waals surface area contributed by atoms with E-state index in [0.29, 0.717) is 17.9 Å². The third-order valence-electron chi connectivity index (χ3n) is 5.71. The van der Waals surface area contributed by atoms with Gasteiger partial charge in [-0.15, -0.1) is 0 Å². The topological polar surface area (TPSA) is 105 Å². The predicted molar refractivity (Wildman–Crippen MR) is 99.8 cm³/mol. The van der Waals surface area contributed by atoms with Gasteiger partial charge in [0.05, 0.1) is 0 Å². The van der Waals surface area contributed by atoms with Crippen molar-refractivity contribution in [2.45, 2.75) is 45.2 Å². The van der Waals surface area contributed by atoms with Gasteiger partial charge in [-0.25, -0.2) is 9.69 Å². The van der Waals surface area contributed by atoms with Gasteiger partial charge < -0.3 is 14.8 Å². The highest BCUT2D eigenvalue weighted by Crippen LogP contribution is 2.33. The first-order chi connectivity index (χ1) is 14.0. The number of urea groups is 1. The van der Waals surface area contributed by atoms with Crippen LogP contribution in [-0.4, -0.2) is 52.9 Å². The summed E-state index contributed by atoms with van der Waals surface area (Å²) in [5.74, 6) is -0.906. The second kappa shape index (κ2) is 7.73. The van der Waals surface area contributed by atoms with Crippen LogP contribution in [0.15, 0.2) is 18.2 Å². The lowest BCUT2D eigenvalue weighted by Crippen LogP contribution is -2.47. The number of carbonyl (C=O) groups excluding carboxylic acids is 4. The summed E-state index contributed by atoms with van der Waals surface area (Å²) in [5.41, 5.74) is 0.787. The van der Waals surface area contributed by atoms with Crippen LogP contribution in [0, 0.1) is 5.92 Å². The van der Waals surface area contributed by atoms with Crippen LogP contribution < -0.4 is 14.8 Å². The summed E-state index contributed by atoms with van der Waals surface area (Å²) in [7, 11) is 0. The minimum absolute atomic E-state index is 0.143. The van der Waals surface area contributed by atoms with Crippen LogP contribution in [0.5, 0.6) is 11.5 Å². The van der Waals surface area contributed by atoms with Crippen molar-refractivity contribution in [2.24, 2.45) is 5.92 Å². The average molecular weight is 401 g/mol. The van der Waals surface area contributed by atoms with E-state index in [1.165, 1.54) is 0 Å². The molecule has 1 N–H and O–H groups in total. The number of hydrogen-bond acceptors (Lipinski definition) is 6. The zero-order valence-corrected chi connectivity index (χ0v) is 16.2. The Labute approximate surface area is 167 Å². The SMILES string of the molecule is C[C@H]1CCCC[C@H]1N1C(=O)C(=O)N(CC(=O)NCc2ccc3c(c2)OCO3)C1=O. The smallest absolute Gasteiger partial charge is 0.334 e. The molecule has 2 fully saturated rings. The largest absolute Gasteiger partial charge is 0.454 e. The zero-order valence-electron chi connectivity index (χ0n) is 16.2. The standard InChI is InChI=1S/C20H23N3O6/c1-12-4-2-3-5-14(12)23-19(26)18(25)22(20(23)27)10-17(24)21-9-13-6-7-15-16(8-13)29-11-28-15/h6-8,12,14H,2-5,9-11H2,1H3,(H,21,24)/t12-,14+/m0/s1. The molecule has 1 saturated heterocycles. The Balaban J connectivity index is 1.37. The molecule has 1 aromatic rings. The van der Waals surface area contributed by atoms with E-state index in [1.54, 1.807) is 18.2 Å². The lowest BCUT2D eigenvalue weighted by Gasteiger charge is -2.34. The third-order valence-corrected chi connectivity index (χ3v) is 5.71.